The Morgan fingerprint density at radius 2 is 2.11 bits per heavy atom. The second-order valence-electron chi connectivity index (χ2n) is 6.26. The lowest BCUT2D eigenvalue weighted by molar-refractivity contribution is -0.141. The second-order valence-corrected chi connectivity index (χ2v) is 10.4. The maximum absolute atomic E-state index is 11.7. The Bertz CT molecular complexity index is 815. The molecule has 2 aliphatic rings. The summed E-state index contributed by atoms with van der Waals surface area (Å²) in [6.45, 7) is 6.35. The van der Waals surface area contributed by atoms with Crippen LogP contribution in [0, 0.1) is 0 Å². The molecule has 1 fully saturated rings. The van der Waals surface area contributed by atoms with Gasteiger partial charge in [-0.25, -0.2) is 13.6 Å². The Morgan fingerprint density at radius 3 is 2.78 bits per heavy atom. The summed E-state index contributed by atoms with van der Waals surface area (Å²) >= 11 is 2.70. The largest absolute Gasteiger partial charge is 0.466 e. The maximum Gasteiger partial charge on any atom is 0.302 e. The molecule has 1 saturated heterocycles. The summed E-state index contributed by atoms with van der Waals surface area (Å²) in [6, 6.07) is 1.64. The van der Waals surface area contributed by atoms with Crippen LogP contribution < -0.4 is 5.14 Å². The molecule has 0 bridgehead atoms. The van der Waals surface area contributed by atoms with E-state index in [2.05, 4.69) is 9.21 Å². The summed E-state index contributed by atoms with van der Waals surface area (Å²) in [4.78, 5) is 13.3. The van der Waals surface area contributed by atoms with Crippen LogP contribution in [0.3, 0.4) is 0 Å². The maximum atomic E-state index is 11.7. The molecule has 0 aromatic carbocycles. The van der Waals surface area contributed by atoms with Crippen molar-refractivity contribution in [2.75, 3.05) is 46.0 Å². The van der Waals surface area contributed by atoms with Crippen LogP contribution in [0.15, 0.2) is 20.2 Å². The van der Waals surface area contributed by atoms with Crippen molar-refractivity contribution in [3.05, 3.63) is 17.3 Å². The molecule has 0 atom stereocenters. The lowest BCUT2D eigenvalue weighted by Gasteiger charge is -2.34. The molecule has 0 radical (unpaired) electrons. The van der Waals surface area contributed by atoms with E-state index in [0.29, 0.717) is 32.8 Å². The Hall–Kier alpha value is -1.11. The normalized spacial score (nSPS) is 18.1. The second kappa shape index (κ2) is 8.93. The van der Waals surface area contributed by atoms with Crippen molar-refractivity contribution in [2.24, 2.45) is 5.14 Å². The first-order valence-electron chi connectivity index (χ1n) is 8.59. The van der Waals surface area contributed by atoms with E-state index < -0.39 is 10.0 Å². The Balaban J connectivity index is 1.76. The number of primary sulfonamides is 1. The molecule has 0 aliphatic carbocycles. The number of hydrogen-bond acceptors (Lipinski definition) is 9. The Morgan fingerprint density at radius 1 is 1.37 bits per heavy atom. The molecular weight excluding hydrogens is 410 g/mol. The van der Waals surface area contributed by atoms with E-state index in [1.54, 1.807) is 6.07 Å². The van der Waals surface area contributed by atoms with Crippen LogP contribution in [0.4, 0.5) is 0 Å². The highest BCUT2D eigenvalue weighted by atomic mass is 32.3. The van der Waals surface area contributed by atoms with E-state index in [1.807, 2.05) is 6.08 Å². The van der Waals surface area contributed by atoms with Crippen LogP contribution in [-0.2, 0) is 24.3 Å². The number of thiophene rings is 1. The monoisotopic (exact) mass is 433 g/mol. The lowest BCUT2D eigenvalue weighted by Crippen LogP contribution is -2.39. The first-order chi connectivity index (χ1) is 12.8. The summed E-state index contributed by atoms with van der Waals surface area (Å²) < 4.78 is 37.0. The van der Waals surface area contributed by atoms with E-state index in [4.69, 9.17) is 14.6 Å². The quantitative estimate of drug-likeness (QED) is 0.391. The van der Waals surface area contributed by atoms with E-state index in [0.717, 1.165) is 35.1 Å². The van der Waals surface area contributed by atoms with Crippen molar-refractivity contribution in [1.29, 1.82) is 0 Å². The number of ether oxygens (including phenoxy) is 2. The molecule has 2 N–H and O–H groups in total. The summed E-state index contributed by atoms with van der Waals surface area (Å²) in [5.74, 6) is -0.288. The highest BCUT2D eigenvalue weighted by molar-refractivity contribution is 7.99. The molecule has 27 heavy (non-hydrogen) atoms. The number of carbonyl (C=O) groups excluding carboxylic acids is 1. The number of nitrogens with zero attached hydrogens (tertiary/aromatic N) is 2. The van der Waals surface area contributed by atoms with Crippen molar-refractivity contribution in [2.45, 2.75) is 21.8 Å². The van der Waals surface area contributed by atoms with Crippen molar-refractivity contribution < 1.29 is 22.7 Å². The fourth-order valence-electron chi connectivity index (χ4n) is 2.81. The fraction of sp³-hybridized carbons (Fsp3) is 0.562. The number of rotatable bonds is 7. The predicted molar refractivity (Wildman–Crippen MR) is 105 cm³/mol. The average molecular weight is 434 g/mol. The first-order valence-corrected chi connectivity index (χ1v) is 11.7. The molecule has 0 saturated carbocycles. The molecule has 0 amide bonds. The standard InChI is InChI=1S/C16H23N3O5S3/c1-12(20)24-6-2-3-19-14(11-18-4-7-23-8-5-18)9-13-10-15(27(17,21)22)25-16(13)26-19/h9-10H,2-8,11H2,1H3,(H2,17,21,22). The van der Waals surface area contributed by atoms with Crippen molar-refractivity contribution >= 4 is 45.4 Å². The van der Waals surface area contributed by atoms with Crippen LogP contribution in [0.5, 0.6) is 0 Å². The van der Waals surface area contributed by atoms with E-state index in [9.17, 15) is 13.2 Å². The Labute approximate surface area is 167 Å². The minimum absolute atomic E-state index is 0.170. The van der Waals surface area contributed by atoms with Gasteiger partial charge in [-0.1, -0.05) is 0 Å². The number of fused-ring (bicyclic) bond motifs is 1. The predicted octanol–water partition coefficient (Wildman–Crippen LogP) is 1.34. The highest BCUT2D eigenvalue weighted by Crippen LogP contribution is 2.42. The van der Waals surface area contributed by atoms with Gasteiger partial charge < -0.3 is 13.8 Å². The van der Waals surface area contributed by atoms with Gasteiger partial charge in [0.1, 0.15) is 4.21 Å². The third kappa shape index (κ3) is 5.69. The molecule has 2 aliphatic heterocycles. The first kappa shape index (κ1) is 20.6. The van der Waals surface area contributed by atoms with Crippen LogP contribution in [0.1, 0.15) is 18.9 Å². The van der Waals surface area contributed by atoms with Crippen LogP contribution in [0.25, 0.3) is 6.08 Å². The summed E-state index contributed by atoms with van der Waals surface area (Å²) in [5.41, 5.74) is 1.98. The summed E-state index contributed by atoms with van der Waals surface area (Å²) in [6.07, 6.45) is 2.72. The molecule has 0 unspecified atom stereocenters. The number of esters is 1. The molecule has 3 rings (SSSR count). The number of carbonyl (C=O) groups is 1. The van der Waals surface area contributed by atoms with Gasteiger partial charge in [-0.3, -0.25) is 9.69 Å². The molecule has 3 heterocycles. The zero-order valence-electron chi connectivity index (χ0n) is 15.0. The van der Waals surface area contributed by atoms with Crippen LogP contribution in [-0.4, -0.2) is 69.6 Å². The minimum Gasteiger partial charge on any atom is -0.466 e. The molecule has 8 nitrogen and oxygen atoms in total. The van der Waals surface area contributed by atoms with Gasteiger partial charge in [-0.15, -0.1) is 11.3 Å². The molecule has 1 aromatic rings. The highest BCUT2D eigenvalue weighted by Gasteiger charge is 2.26. The number of hydrogen-bond donors (Lipinski definition) is 1. The van der Waals surface area contributed by atoms with Gasteiger partial charge in [-0.05, 0) is 24.1 Å². The molecule has 150 valence electrons. The average Bonchev–Trinajstić information content (AvgIpc) is 3.02. The van der Waals surface area contributed by atoms with Gasteiger partial charge in [0.05, 0.1) is 24.0 Å². The van der Waals surface area contributed by atoms with Gasteiger partial charge in [0.25, 0.3) is 0 Å². The molecular formula is C16H23N3O5S3. The van der Waals surface area contributed by atoms with Gasteiger partial charge in [0.15, 0.2) is 0 Å². The summed E-state index contributed by atoms with van der Waals surface area (Å²) in [7, 11) is -3.72. The van der Waals surface area contributed by atoms with Gasteiger partial charge in [0, 0.05) is 50.8 Å². The van der Waals surface area contributed by atoms with Crippen molar-refractivity contribution in [1.82, 2.24) is 9.21 Å². The smallest absolute Gasteiger partial charge is 0.302 e. The number of nitrogens with two attached hydrogens (primary N) is 1. The lowest BCUT2D eigenvalue weighted by atomic mass is 10.2. The SMILES string of the molecule is CC(=O)OCCCN1Sc2sc(S(N)(=O)=O)cc2C=C1CN1CCOCC1. The number of sulfonamides is 1. The van der Waals surface area contributed by atoms with Gasteiger partial charge in [0.2, 0.25) is 10.0 Å². The van der Waals surface area contributed by atoms with Crippen molar-refractivity contribution in [3.8, 4) is 0 Å². The topological polar surface area (TPSA) is 102 Å². The zero-order chi connectivity index (χ0) is 19.4. The molecule has 11 heteroatoms. The van der Waals surface area contributed by atoms with Crippen molar-refractivity contribution in [3.63, 3.8) is 0 Å². The van der Waals surface area contributed by atoms with E-state index in [1.165, 1.54) is 30.2 Å². The van der Waals surface area contributed by atoms with Gasteiger partial charge in [-0.2, -0.15) is 0 Å². The van der Waals surface area contributed by atoms with Crippen LogP contribution >= 0.6 is 23.3 Å². The number of morpholine rings is 1. The third-order valence-electron chi connectivity index (χ3n) is 4.12. The summed E-state index contributed by atoms with van der Waals surface area (Å²) in [5, 5.41) is 5.28. The minimum atomic E-state index is -3.72. The van der Waals surface area contributed by atoms with Crippen LogP contribution in [0.2, 0.25) is 0 Å². The van der Waals surface area contributed by atoms with Gasteiger partial charge >= 0.3 is 5.97 Å². The molecule has 1 aromatic heterocycles. The third-order valence-corrected chi connectivity index (χ3v) is 8.00. The van der Waals surface area contributed by atoms with E-state index >= 15 is 0 Å². The fourth-order valence-corrected chi connectivity index (χ4v) is 6.14. The van der Waals surface area contributed by atoms with E-state index in [-0.39, 0.29) is 10.2 Å². The zero-order valence-corrected chi connectivity index (χ0v) is 17.5. The Kier molecular flexibility index (Phi) is 6.82. The molecule has 0 spiro atoms.